The predicted molar refractivity (Wildman–Crippen MR) is 68.3 cm³/mol. The lowest BCUT2D eigenvalue weighted by Crippen LogP contribution is -2.46. The first-order chi connectivity index (χ1) is 8.61. The van der Waals surface area contributed by atoms with E-state index >= 15 is 0 Å². The number of halogens is 1. The molecule has 1 aliphatic heterocycles. The van der Waals surface area contributed by atoms with E-state index in [1.807, 2.05) is 4.81 Å². The van der Waals surface area contributed by atoms with Crippen LogP contribution in [0.15, 0.2) is 24.3 Å². The van der Waals surface area contributed by atoms with Gasteiger partial charge in [-0.05, 0) is 12.6 Å². The zero-order valence-electron chi connectivity index (χ0n) is 10.1. The zero-order chi connectivity index (χ0) is 13.2. The Hall–Kier alpha value is -1.24. The van der Waals surface area contributed by atoms with Crippen molar-refractivity contribution in [2.45, 2.75) is 5.54 Å². The number of hydrogen-bond donors (Lipinski definition) is 2. The van der Waals surface area contributed by atoms with Gasteiger partial charge in [-0.1, -0.05) is 18.2 Å². The van der Waals surface area contributed by atoms with Gasteiger partial charge in [0.1, 0.15) is 5.82 Å². The number of benzene rings is 1. The molecule has 0 saturated carbocycles. The first kappa shape index (κ1) is 13.2. The fourth-order valence-electron chi connectivity index (χ4n) is 2.65. The average Bonchev–Trinajstić information content (AvgIpc) is 2.67. The Labute approximate surface area is 106 Å². The van der Waals surface area contributed by atoms with Crippen LogP contribution in [0.2, 0.25) is 0 Å². The maximum Gasteiger partial charge on any atom is 0.281 e. The molecule has 0 spiro atoms. The van der Waals surface area contributed by atoms with E-state index in [-0.39, 0.29) is 25.8 Å². The van der Waals surface area contributed by atoms with Gasteiger partial charge in [0.2, 0.25) is 0 Å². The van der Waals surface area contributed by atoms with Crippen molar-refractivity contribution in [2.24, 2.45) is 11.7 Å². The third kappa shape index (κ3) is 2.19. The largest absolute Gasteiger partial charge is 0.396 e. The summed E-state index contributed by atoms with van der Waals surface area (Å²) in [5.41, 5.74) is 5.76. The third-order valence-electron chi connectivity index (χ3n) is 3.62. The van der Waals surface area contributed by atoms with Crippen molar-refractivity contribution < 1.29 is 14.3 Å². The molecule has 18 heavy (non-hydrogen) atoms. The molecule has 2 unspecified atom stereocenters. The maximum atomic E-state index is 13.9. The van der Waals surface area contributed by atoms with Gasteiger partial charge < -0.3 is 20.4 Å². The lowest BCUT2D eigenvalue weighted by atomic mass is 9.81. The SMILES string of the molecule is NC1(c2ccccc2F)CN(BC=O)CC1CO. The van der Waals surface area contributed by atoms with Crippen molar-refractivity contribution in [3.63, 3.8) is 0 Å². The fourth-order valence-corrected chi connectivity index (χ4v) is 2.65. The Morgan fingerprint density at radius 3 is 2.94 bits per heavy atom. The molecule has 1 aromatic carbocycles. The molecule has 0 aliphatic carbocycles. The monoisotopic (exact) mass is 250 g/mol. The Balaban J connectivity index is 2.34. The number of aliphatic hydroxyl groups excluding tert-OH is 1. The van der Waals surface area contributed by atoms with Gasteiger partial charge in [-0.3, -0.25) is 0 Å². The van der Waals surface area contributed by atoms with Crippen LogP contribution < -0.4 is 5.73 Å². The Morgan fingerprint density at radius 1 is 1.61 bits per heavy atom. The molecule has 0 aromatic heterocycles. The molecule has 2 atom stereocenters. The van der Waals surface area contributed by atoms with Crippen molar-refractivity contribution in [1.82, 2.24) is 4.81 Å². The second-order valence-electron chi connectivity index (χ2n) is 4.76. The van der Waals surface area contributed by atoms with Crippen molar-refractivity contribution in [1.29, 1.82) is 0 Å². The summed E-state index contributed by atoms with van der Waals surface area (Å²) in [7, 11) is 0.254. The van der Waals surface area contributed by atoms with Gasteiger partial charge in [0.05, 0.1) is 11.7 Å². The van der Waals surface area contributed by atoms with E-state index < -0.39 is 5.54 Å². The highest BCUT2D eigenvalue weighted by atomic mass is 19.1. The van der Waals surface area contributed by atoms with Crippen LogP contribution in [0.3, 0.4) is 0 Å². The van der Waals surface area contributed by atoms with Gasteiger partial charge in [0.15, 0.2) is 0 Å². The van der Waals surface area contributed by atoms with E-state index in [9.17, 15) is 14.3 Å². The van der Waals surface area contributed by atoms with Crippen molar-refractivity contribution >= 4 is 13.6 Å². The van der Waals surface area contributed by atoms with Crippen LogP contribution in [0, 0.1) is 11.7 Å². The van der Waals surface area contributed by atoms with E-state index in [4.69, 9.17) is 5.73 Å². The molecule has 0 bridgehead atoms. The molecular formula is C12H16BFN2O2. The van der Waals surface area contributed by atoms with E-state index in [0.29, 0.717) is 18.7 Å². The average molecular weight is 250 g/mol. The van der Waals surface area contributed by atoms with Crippen LogP contribution in [-0.4, -0.2) is 43.2 Å². The summed E-state index contributed by atoms with van der Waals surface area (Å²) in [6.07, 6.45) is 0.793. The molecule has 3 N–H and O–H groups in total. The molecule has 4 nitrogen and oxygen atoms in total. The summed E-state index contributed by atoms with van der Waals surface area (Å²) in [6, 6.07) is 6.33. The summed E-state index contributed by atoms with van der Waals surface area (Å²) < 4.78 is 13.9. The number of hydrogen-bond acceptors (Lipinski definition) is 4. The summed E-state index contributed by atoms with van der Waals surface area (Å²) >= 11 is 0. The first-order valence-corrected chi connectivity index (χ1v) is 5.92. The molecule has 2 rings (SSSR count). The highest BCUT2D eigenvalue weighted by molar-refractivity contribution is 6.64. The number of carbonyl (C=O) groups excluding carboxylic acids is 1. The van der Waals surface area contributed by atoms with E-state index in [2.05, 4.69) is 0 Å². The van der Waals surface area contributed by atoms with Crippen LogP contribution >= 0.6 is 0 Å². The van der Waals surface area contributed by atoms with Crippen LogP contribution in [0.1, 0.15) is 5.56 Å². The molecule has 1 saturated heterocycles. The summed E-state index contributed by atoms with van der Waals surface area (Å²) in [6.45, 7) is 0.748. The number of carbonyl (C=O) groups is 1. The highest BCUT2D eigenvalue weighted by Crippen LogP contribution is 2.35. The molecule has 0 amide bonds. The van der Waals surface area contributed by atoms with Gasteiger partial charge in [-0.25, -0.2) is 4.39 Å². The fraction of sp³-hybridized carbons (Fsp3) is 0.417. The Morgan fingerprint density at radius 2 is 2.33 bits per heavy atom. The third-order valence-corrected chi connectivity index (χ3v) is 3.62. The number of nitrogens with two attached hydrogens (primary N) is 1. The lowest BCUT2D eigenvalue weighted by molar-refractivity contribution is 0.184. The maximum absolute atomic E-state index is 13.9. The van der Waals surface area contributed by atoms with Gasteiger partial charge >= 0.3 is 0 Å². The van der Waals surface area contributed by atoms with Crippen LogP contribution in [0.5, 0.6) is 0 Å². The summed E-state index contributed by atoms with van der Waals surface area (Å²) in [5, 5.41) is 9.42. The second-order valence-corrected chi connectivity index (χ2v) is 4.76. The van der Waals surface area contributed by atoms with Crippen LogP contribution in [0.4, 0.5) is 4.39 Å². The topological polar surface area (TPSA) is 66.6 Å². The quantitative estimate of drug-likeness (QED) is 0.555. The molecule has 96 valence electrons. The lowest BCUT2D eigenvalue weighted by Gasteiger charge is -2.30. The minimum Gasteiger partial charge on any atom is -0.396 e. The second kappa shape index (κ2) is 5.18. The predicted octanol–water partition coefficient (Wildman–Crippen LogP) is -0.554. The smallest absolute Gasteiger partial charge is 0.281 e. The van der Waals surface area contributed by atoms with Crippen LogP contribution in [-0.2, 0) is 10.3 Å². The van der Waals surface area contributed by atoms with Gasteiger partial charge in [0.25, 0.3) is 7.41 Å². The van der Waals surface area contributed by atoms with E-state index in [0.717, 1.165) is 6.19 Å². The molecule has 6 heteroatoms. The van der Waals surface area contributed by atoms with E-state index in [1.54, 1.807) is 18.2 Å². The summed E-state index contributed by atoms with van der Waals surface area (Å²) in [4.78, 5) is 12.4. The van der Waals surface area contributed by atoms with Gasteiger partial charge in [-0.2, -0.15) is 0 Å². The Kier molecular flexibility index (Phi) is 3.80. The highest BCUT2D eigenvalue weighted by Gasteiger charge is 2.45. The molecule has 1 aromatic rings. The van der Waals surface area contributed by atoms with Gasteiger partial charge in [-0.15, -0.1) is 0 Å². The van der Waals surface area contributed by atoms with Crippen molar-refractivity contribution in [3.05, 3.63) is 35.6 Å². The zero-order valence-corrected chi connectivity index (χ0v) is 10.1. The standard InChI is InChI=1S/C12H16BFN2O2/c14-11-4-2-1-3-10(11)12(15)7-16(13-8-18)5-9(12)6-17/h1-4,8-9,13,17H,5-7,15H2. The number of nitrogens with zero attached hydrogens (tertiary/aromatic N) is 1. The van der Waals surface area contributed by atoms with Crippen LogP contribution in [0.25, 0.3) is 0 Å². The van der Waals surface area contributed by atoms with Crippen molar-refractivity contribution in [3.8, 4) is 0 Å². The van der Waals surface area contributed by atoms with Gasteiger partial charge in [0, 0.05) is 24.6 Å². The first-order valence-electron chi connectivity index (χ1n) is 5.92. The molecular weight excluding hydrogens is 234 g/mol. The summed E-state index contributed by atoms with van der Waals surface area (Å²) in [5.74, 6) is -0.638. The molecule has 1 aliphatic rings. The van der Waals surface area contributed by atoms with E-state index in [1.165, 1.54) is 6.07 Å². The minimum atomic E-state index is -0.941. The van der Waals surface area contributed by atoms with Crippen molar-refractivity contribution in [2.75, 3.05) is 19.7 Å². The number of aliphatic hydroxyl groups is 1. The normalized spacial score (nSPS) is 28.3. The molecule has 1 heterocycles. The molecule has 1 fully saturated rings. The molecule has 0 radical (unpaired) electrons. The number of rotatable bonds is 4. The minimum absolute atomic E-state index is 0.125. The Bertz CT molecular complexity index is 446.